The van der Waals surface area contributed by atoms with E-state index in [1.807, 2.05) is 25.5 Å². The molecule has 2 aromatic carbocycles. The second kappa shape index (κ2) is 7.07. The molecule has 1 aromatic heterocycles. The Balaban J connectivity index is 2.52. The fraction of sp³-hybridized carbons (Fsp3) is 0.400. The zero-order valence-corrected chi connectivity index (χ0v) is 17.8. The SMILES string of the molecule is [2H]c1c(C)[n+](C)c(-c2cc(C)cc(C)c2C)c2cc(F)c(CC(C)C)c(C)c12. The zero-order valence-electron chi connectivity index (χ0n) is 18.8. The molecule has 0 aliphatic carbocycles. The highest BCUT2D eigenvalue weighted by molar-refractivity contribution is 5.96. The van der Waals surface area contributed by atoms with Crippen LogP contribution < -0.4 is 4.57 Å². The van der Waals surface area contributed by atoms with Gasteiger partial charge < -0.3 is 0 Å². The lowest BCUT2D eigenvalue weighted by molar-refractivity contribution is -0.665. The third kappa shape index (κ3) is 3.38. The Labute approximate surface area is 164 Å². The number of halogens is 1. The Morgan fingerprint density at radius 1 is 1.00 bits per heavy atom. The van der Waals surface area contributed by atoms with Crippen molar-refractivity contribution >= 4 is 10.8 Å². The lowest BCUT2D eigenvalue weighted by Gasteiger charge is -2.17. The summed E-state index contributed by atoms with van der Waals surface area (Å²) in [5, 5.41) is 1.70. The minimum atomic E-state index is -0.162. The van der Waals surface area contributed by atoms with Crippen molar-refractivity contribution in [2.24, 2.45) is 13.0 Å². The van der Waals surface area contributed by atoms with Crippen molar-refractivity contribution in [2.75, 3.05) is 0 Å². The van der Waals surface area contributed by atoms with Crippen LogP contribution in [0.2, 0.25) is 0 Å². The Bertz CT molecular complexity index is 1100. The van der Waals surface area contributed by atoms with E-state index in [9.17, 15) is 0 Å². The molecule has 1 nitrogen and oxygen atoms in total. The minimum absolute atomic E-state index is 0.162. The summed E-state index contributed by atoms with van der Waals surface area (Å²) in [6.07, 6.45) is 0.686. The number of aryl methyl sites for hydroxylation is 3. The van der Waals surface area contributed by atoms with Crippen LogP contribution >= 0.6 is 0 Å². The minimum Gasteiger partial charge on any atom is -0.207 e. The van der Waals surface area contributed by atoms with E-state index in [0.717, 1.165) is 38.9 Å². The third-order valence-corrected chi connectivity index (χ3v) is 5.74. The van der Waals surface area contributed by atoms with Crippen LogP contribution in [-0.4, -0.2) is 0 Å². The average molecular weight is 366 g/mol. The first-order valence-electron chi connectivity index (χ1n) is 10.2. The average Bonchev–Trinajstić information content (AvgIpc) is 2.60. The smallest absolute Gasteiger partial charge is 0.207 e. The van der Waals surface area contributed by atoms with Gasteiger partial charge in [0.25, 0.3) is 0 Å². The van der Waals surface area contributed by atoms with E-state index in [0.29, 0.717) is 18.4 Å². The van der Waals surface area contributed by atoms with Crippen LogP contribution in [0.5, 0.6) is 0 Å². The van der Waals surface area contributed by atoms with E-state index >= 15 is 4.39 Å². The van der Waals surface area contributed by atoms with E-state index in [1.165, 1.54) is 16.7 Å². The van der Waals surface area contributed by atoms with Crippen molar-refractivity contribution in [3.63, 3.8) is 0 Å². The van der Waals surface area contributed by atoms with Gasteiger partial charge in [-0.1, -0.05) is 25.5 Å². The first-order valence-corrected chi connectivity index (χ1v) is 9.73. The molecule has 1 heterocycles. The van der Waals surface area contributed by atoms with Gasteiger partial charge in [-0.15, -0.1) is 0 Å². The van der Waals surface area contributed by atoms with E-state index < -0.39 is 0 Å². The van der Waals surface area contributed by atoms with E-state index in [4.69, 9.17) is 1.37 Å². The van der Waals surface area contributed by atoms with Crippen molar-refractivity contribution in [3.8, 4) is 11.3 Å². The summed E-state index contributed by atoms with van der Waals surface area (Å²) in [6.45, 7) is 14.5. The number of aromatic nitrogens is 1. The van der Waals surface area contributed by atoms with Crippen LogP contribution in [0.3, 0.4) is 0 Å². The number of hydrogen-bond donors (Lipinski definition) is 0. The molecule has 0 aliphatic heterocycles. The maximum absolute atomic E-state index is 15.2. The molecule has 0 unspecified atom stereocenters. The molecule has 3 aromatic rings. The van der Waals surface area contributed by atoms with Crippen LogP contribution in [0.1, 0.15) is 48.7 Å². The van der Waals surface area contributed by atoms with Gasteiger partial charge in [0.2, 0.25) is 5.69 Å². The van der Waals surface area contributed by atoms with Gasteiger partial charge in [-0.3, -0.25) is 0 Å². The molecule has 0 saturated carbocycles. The fourth-order valence-corrected chi connectivity index (χ4v) is 4.05. The van der Waals surface area contributed by atoms with Gasteiger partial charge in [-0.25, -0.2) is 4.39 Å². The zero-order chi connectivity index (χ0) is 20.9. The van der Waals surface area contributed by atoms with Crippen LogP contribution in [-0.2, 0) is 13.5 Å². The molecule has 0 N–H and O–H groups in total. The van der Waals surface area contributed by atoms with Crippen molar-refractivity contribution < 1.29 is 10.3 Å². The number of rotatable bonds is 3. The monoisotopic (exact) mass is 365 g/mol. The quantitative estimate of drug-likeness (QED) is 0.486. The summed E-state index contributed by atoms with van der Waals surface area (Å²) < 4.78 is 26.0. The van der Waals surface area contributed by atoms with Gasteiger partial charge in [0.05, 0.1) is 12.3 Å². The molecular formula is C25H31FN+. The van der Waals surface area contributed by atoms with E-state index in [-0.39, 0.29) is 5.82 Å². The number of nitrogens with zero attached hydrogens (tertiary/aromatic N) is 1. The van der Waals surface area contributed by atoms with Crippen LogP contribution in [0, 0.1) is 46.4 Å². The second-order valence-electron chi connectivity index (χ2n) is 8.35. The summed E-state index contributed by atoms with van der Waals surface area (Å²) in [5.74, 6) is 0.201. The lowest BCUT2D eigenvalue weighted by atomic mass is 9.89. The van der Waals surface area contributed by atoms with Gasteiger partial charge in [0.15, 0.2) is 5.69 Å². The van der Waals surface area contributed by atoms with Crippen molar-refractivity contribution in [1.82, 2.24) is 0 Å². The maximum Gasteiger partial charge on any atom is 0.220 e. The number of hydrogen-bond acceptors (Lipinski definition) is 0. The molecule has 27 heavy (non-hydrogen) atoms. The van der Waals surface area contributed by atoms with Crippen molar-refractivity contribution in [3.05, 3.63) is 63.6 Å². The molecule has 0 spiro atoms. The van der Waals surface area contributed by atoms with Crippen LogP contribution in [0.25, 0.3) is 22.0 Å². The van der Waals surface area contributed by atoms with E-state index in [2.05, 4.69) is 46.8 Å². The van der Waals surface area contributed by atoms with Gasteiger partial charge >= 0.3 is 0 Å². The van der Waals surface area contributed by atoms with Crippen LogP contribution in [0.15, 0.2) is 24.2 Å². The van der Waals surface area contributed by atoms with Gasteiger partial charge in [0.1, 0.15) is 12.9 Å². The first-order chi connectivity index (χ1) is 13.0. The Hall–Kier alpha value is -2.22. The summed E-state index contributed by atoms with van der Waals surface area (Å²) in [5.41, 5.74) is 8.26. The molecule has 0 aliphatic rings. The topological polar surface area (TPSA) is 3.88 Å². The molecule has 0 atom stereocenters. The molecule has 0 bridgehead atoms. The largest absolute Gasteiger partial charge is 0.220 e. The molecule has 142 valence electrons. The van der Waals surface area contributed by atoms with Crippen molar-refractivity contribution in [2.45, 2.75) is 54.9 Å². The Morgan fingerprint density at radius 2 is 1.67 bits per heavy atom. The highest BCUT2D eigenvalue weighted by Gasteiger charge is 2.24. The number of fused-ring (bicyclic) bond motifs is 1. The van der Waals surface area contributed by atoms with Crippen LogP contribution in [0.4, 0.5) is 4.39 Å². The fourth-order valence-electron chi connectivity index (χ4n) is 4.05. The standard InChI is InChI=1S/C25H31FN/c1-14(2)9-21-19(7)20-12-17(5)27(8)25(23(20)13-24(21)26)22-11-15(3)10-16(4)18(22)6/h10-14H,9H2,1-8H3/q+1/i12D. The van der Waals surface area contributed by atoms with E-state index in [1.54, 1.807) is 6.07 Å². The normalized spacial score (nSPS) is 12.1. The van der Waals surface area contributed by atoms with Gasteiger partial charge in [-0.2, -0.15) is 4.57 Å². The van der Waals surface area contributed by atoms with Gasteiger partial charge in [0, 0.05) is 13.0 Å². The molecular weight excluding hydrogens is 333 g/mol. The Morgan fingerprint density at radius 3 is 2.30 bits per heavy atom. The molecule has 0 fully saturated rings. The maximum atomic E-state index is 15.2. The highest BCUT2D eigenvalue weighted by Crippen LogP contribution is 2.34. The number of benzene rings is 2. The highest BCUT2D eigenvalue weighted by atomic mass is 19.1. The summed E-state index contributed by atoms with van der Waals surface area (Å²) in [6, 6.07) is 6.50. The molecule has 0 radical (unpaired) electrons. The molecule has 0 saturated heterocycles. The first kappa shape index (κ1) is 18.2. The second-order valence-corrected chi connectivity index (χ2v) is 8.35. The molecule has 0 amide bonds. The Kier molecular flexibility index (Phi) is 4.75. The molecule has 2 heteroatoms. The summed E-state index contributed by atoms with van der Waals surface area (Å²) >= 11 is 0. The molecule has 3 rings (SSSR count). The van der Waals surface area contributed by atoms with Gasteiger partial charge in [-0.05, 0) is 79.8 Å². The predicted molar refractivity (Wildman–Crippen MR) is 113 cm³/mol. The number of pyridine rings is 1. The summed E-state index contributed by atoms with van der Waals surface area (Å²) in [4.78, 5) is 0. The predicted octanol–water partition coefficient (Wildman–Crippen LogP) is 6.21. The van der Waals surface area contributed by atoms with Crippen molar-refractivity contribution in [1.29, 1.82) is 0 Å². The third-order valence-electron chi connectivity index (χ3n) is 5.74. The lowest BCUT2D eigenvalue weighted by Crippen LogP contribution is -2.35. The summed E-state index contributed by atoms with van der Waals surface area (Å²) in [7, 11) is 1.98.